The molecule has 0 aliphatic rings. The molecule has 1 amide bonds. The summed E-state index contributed by atoms with van der Waals surface area (Å²) < 4.78 is 6.83. The van der Waals surface area contributed by atoms with Crippen molar-refractivity contribution in [2.75, 3.05) is 12.4 Å². The van der Waals surface area contributed by atoms with E-state index < -0.39 is 0 Å². The van der Waals surface area contributed by atoms with Crippen molar-refractivity contribution in [3.8, 4) is 16.9 Å². The van der Waals surface area contributed by atoms with Gasteiger partial charge in [0.2, 0.25) is 5.91 Å². The largest absolute Gasteiger partial charge is 0.497 e. The number of aryl methyl sites for hydroxylation is 1. The van der Waals surface area contributed by atoms with E-state index in [4.69, 9.17) is 16.3 Å². The van der Waals surface area contributed by atoms with Gasteiger partial charge in [-0.05, 0) is 48.4 Å². The number of carbonyl (C=O) groups excluding carboxylic acids is 1. The Balaban J connectivity index is 1.64. The van der Waals surface area contributed by atoms with Gasteiger partial charge in [-0.15, -0.1) is 0 Å². The van der Waals surface area contributed by atoms with Crippen LogP contribution in [0.3, 0.4) is 0 Å². The molecule has 4 aromatic rings. The lowest BCUT2D eigenvalue weighted by atomic mass is 10.0. The molecule has 3 heterocycles. The first kappa shape index (κ1) is 18.9. The minimum atomic E-state index is -0.249. The average molecular weight is 408 g/mol. The van der Waals surface area contributed by atoms with Crippen LogP contribution in [0.1, 0.15) is 5.69 Å². The fourth-order valence-corrected chi connectivity index (χ4v) is 3.28. The number of nitrogens with one attached hydrogen (secondary N) is 1. The van der Waals surface area contributed by atoms with Gasteiger partial charge in [0.05, 0.1) is 17.8 Å². The second-order valence-corrected chi connectivity index (χ2v) is 6.87. The maximum absolute atomic E-state index is 12.5. The van der Waals surface area contributed by atoms with E-state index in [1.165, 1.54) is 6.20 Å². The quantitative estimate of drug-likeness (QED) is 0.538. The third-order valence-corrected chi connectivity index (χ3v) is 4.72. The minimum Gasteiger partial charge on any atom is -0.497 e. The van der Waals surface area contributed by atoms with E-state index in [-0.39, 0.29) is 12.5 Å². The predicted molar refractivity (Wildman–Crippen MR) is 112 cm³/mol. The van der Waals surface area contributed by atoms with Gasteiger partial charge >= 0.3 is 0 Å². The highest BCUT2D eigenvalue weighted by atomic mass is 35.5. The fraction of sp³-hybridized carbons (Fsp3) is 0.143. The molecule has 0 bridgehead atoms. The number of aromatic nitrogens is 4. The third kappa shape index (κ3) is 3.90. The van der Waals surface area contributed by atoms with Crippen LogP contribution in [0.25, 0.3) is 22.2 Å². The fourth-order valence-electron chi connectivity index (χ4n) is 3.17. The van der Waals surface area contributed by atoms with E-state index in [1.807, 2.05) is 37.3 Å². The summed E-state index contributed by atoms with van der Waals surface area (Å²) in [7, 11) is 1.64. The number of hydrogen-bond acceptors (Lipinski definition) is 5. The van der Waals surface area contributed by atoms with Crippen LogP contribution in [-0.2, 0) is 11.3 Å². The molecular formula is C21H18ClN5O2. The van der Waals surface area contributed by atoms with Crippen molar-refractivity contribution >= 4 is 34.4 Å². The van der Waals surface area contributed by atoms with Crippen molar-refractivity contribution in [3.63, 3.8) is 0 Å². The van der Waals surface area contributed by atoms with Crippen molar-refractivity contribution in [2.45, 2.75) is 13.5 Å². The number of methoxy groups -OCH3 is 1. The maximum Gasteiger partial charge on any atom is 0.247 e. The predicted octanol–water partition coefficient (Wildman–Crippen LogP) is 4.10. The van der Waals surface area contributed by atoms with Crippen LogP contribution in [0.15, 0.2) is 54.9 Å². The number of rotatable bonds is 5. The molecule has 7 nitrogen and oxygen atoms in total. The molecule has 0 saturated carbocycles. The Morgan fingerprint density at radius 1 is 1.14 bits per heavy atom. The van der Waals surface area contributed by atoms with Crippen molar-refractivity contribution in [1.82, 2.24) is 19.7 Å². The number of halogens is 1. The molecule has 0 saturated heterocycles. The zero-order valence-electron chi connectivity index (χ0n) is 15.9. The van der Waals surface area contributed by atoms with Gasteiger partial charge in [0.1, 0.15) is 18.1 Å². The topological polar surface area (TPSA) is 81.9 Å². The second kappa shape index (κ2) is 7.89. The number of amides is 1. The summed E-state index contributed by atoms with van der Waals surface area (Å²) in [4.78, 5) is 21.0. The Labute approximate surface area is 172 Å². The second-order valence-electron chi connectivity index (χ2n) is 6.44. The molecule has 0 aliphatic carbocycles. The Morgan fingerprint density at radius 3 is 2.62 bits per heavy atom. The maximum atomic E-state index is 12.5. The normalized spacial score (nSPS) is 10.9. The third-order valence-electron chi connectivity index (χ3n) is 4.50. The summed E-state index contributed by atoms with van der Waals surface area (Å²) in [6.45, 7) is 1.93. The van der Waals surface area contributed by atoms with E-state index in [9.17, 15) is 4.79 Å². The Kier molecular flexibility index (Phi) is 5.14. The first-order chi connectivity index (χ1) is 14.0. The van der Waals surface area contributed by atoms with Crippen molar-refractivity contribution < 1.29 is 9.53 Å². The lowest BCUT2D eigenvalue weighted by Gasteiger charge is -2.07. The molecule has 0 spiro atoms. The first-order valence-electron chi connectivity index (χ1n) is 8.93. The molecular weight excluding hydrogens is 390 g/mol. The van der Waals surface area contributed by atoms with Gasteiger partial charge < -0.3 is 10.1 Å². The summed E-state index contributed by atoms with van der Waals surface area (Å²) in [5.41, 5.74) is 3.48. The summed E-state index contributed by atoms with van der Waals surface area (Å²) >= 11 is 5.82. The molecule has 8 heteroatoms. The monoisotopic (exact) mass is 407 g/mol. The van der Waals surface area contributed by atoms with Crippen LogP contribution in [0, 0.1) is 6.92 Å². The smallest absolute Gasteiger partial charge is 0.247 e. The van der Waals surface area contributed by atoms with Crippen LogP contribution >= 0.6 is 11.6 Å². The number of ether oxygens (including phenoxy) is 1. The Bertz CT molecular complexity index is 1170. The van der Waals surface area contributed by atoms with Gasteiger partial charge in [0.15, 0.2) is 5.65 Å². The Hall–Kier alpha value is -3.45. The molecule has 0 aliphatic heterocycles. The summed E-state index contributed by atoms with van der Waals surface area (Å²) in [5.74, 6) is 0.972. The van der Waals surface area contributed by atoms with Crippen LogP contribution in [0.2, 0.25) is 5.02 Å². The first-order valence-corrected chi connectivity index (χ1v) is 9.31. The van der Waals surface area contributed by atoms with Crippen molar-refractivity contribution in [3.05, 3.63) is 65.6 Å². The molecule has 1 N–H and O–H groups in total. The zero-order valence-corrected chi connectivity index (χ0v) is 16.6. The van der Waals surface area contributed by atoms with E-state index in [2.05, 4.69) is 20.4 Å². The van der Waals surface area contributed by atoms with Gasteiger partial charge in [-0.3, -0.25) is 4.79 Å². The number of hydrogen-bond donors (Lipinski definition) is 1. The van der Waals surface area contributed by atoms with Crippen LogP contribution in [0.5, 0.6) is 5.75 Å². The van der Waals surface area contributed by atoms with E-state index >= 15 is 0 Å². The molecule has 0 fully saturated rings. The van der Waals surface area contributed by atoms with E-state index in [1.54, 1.807) is 30.1 Å². The molecule has 0 unspecified atom stereocenters. The van der Waals surface area contributed by atoms with Gasteiger partial charge in [-0.25, -0.2) is 14.6 Å². The zero-order chi connectivity index (χ0) is 20.4. The number of anilines is 1. The SMILES string of the molecule is COc1ccc(-c2ccnc3c2c(C)nn3CC(=O)Nc2ccc(Cl)cn2)cc1. The summed E-state index contributed by atoms with van der Waals surface area (Å²) in [6, 6.07) is 13.1. The summed E-state index contributed by atoms with van der Waals surface area (Å²) in [6.07, 6.45) is 3.20. The average Bonchev–Trinajstić information content (AvgIpc) is 3.05. The van der Waals surface area contributed by atoms with E-state index in [0.717, 1.165) is 28.0 Å². The molecule has 0 atom stereocenters. The van der Waals surface area contributed by atoms with Crippen LogP contribution in [0.4, 0.5) is 5.82 Å². The Morgan fingerprint density at radius 2 is 1.93 bits per heavy atom. The highest BCUT2D eigenvalue weighted by Gasteiger charge is 2.16. The highest BCUT2D eigenvalue weighted by Crippen LogP contribution is 2.30. The van der Waals surface area contributed by atoms with Gasteiger partial charge in [0.25, 0.3) is 0 Å². The van der Waals surface area contributed by atoms with Crippen molar-refractivity contribution in [1.29, 1.82) is 0 Å². The number of benzene rings is 1. The van der Waals surface area contributed by atoms with Gasteiger partial charge in [-0.1, -0.05) is 23.7 Å². The molecule has 146 valence electrons. The molecule has 1 aromatic carbocycles. The van der Waals surface area contributed by atoms with Gasteiger partial charge in [0, 0.05) is 17.8 Å². The van der Waals surface area contributed by atoms with Crippen molar-refractivity contribution in [2.24, 2.45) is 0 Å². The highest BCUT2D eigenvalue weighted by molar-refractivity contribution is 6.30. The van der Waals surface area contributed by atoms with E-state index in [0.29, 0.717) is 16.5 Å². The standard InChI is InChI=1S/C21H18ClN5O2/c1-13-20-17(14-3-6-16(29-2)7-4-14)9-10-23-21(20)27(26-13)12-19(28)25-18-8-5-15(22)11-24-18/h3-11H,12H2,1-2H3,(H,24,25,28). The van der Waals surface area contributed by atoms with Gasteiger partial charge in [-0.2, -0.15) is 5.10 Å². The molecule has 3 aromatic heterocycles. The molecule has 0 radical (unpaired) electrons. The lowest BCUT2D eigenvalue weighted by Crippen LogP contribution is -2.20. The minimum absolute atomic E-state index is 0.0215. The molecule has 4 rings (SSSR count). The number of nitrogens with zero attached hydrogens (tertiary/aromatic N) is 4. The number of pyridine rings is 2. The summed E-state index contributed by atoms with van der Waals surface area (Å²) in [5, 5.41) is 8.69. The number of carbonyl (C=O) groups is 1. The van der Waals surface area contributed by atoms with Crippen LogP contribution < -0.4 is 10.1 Å². The number of fused-ring (bicyclic) bond motifs is 1. The molecule has 29 heavy (non-hydrogen) atoms. The lowest BCUT2D eigenvalue weighted by molar-refractivity contribution is -0.116. The van der Waals surface area contributed by atoms with Crippen LogP contribution in [-0.4, -0.2) is 32.8 Å².